The molecule has 1 unspecified atom stereocenters. The lowest BCUT2D eigenvalue weighted by Gasteiger charge is -2.23. The standard InChI is InChI=1S/C14H26N2O/c1-11(9-12-7-8-12)15-10-14(17)16-13-5-3-2-4-6-13/h11-13,15H,2-10H2,1H3,(H,16,17). The van der Waals surface area contributed by atoms with Crippen LogP contribution in [-0.4, -0.2) is 24.5 Å². The van der Waals surface area contributed by atoms with Crippen LogP contribution in [0.1, 0.15) is 58.3 Å². The molecule has 1 atom stereocenters. The number of amides is 1. The smallest absolute Gasteiger partial charge is 0.234 e. The molecular formula is C14H26N2O. The van der Waals surface area contributed by atoms with E-state index >= 15 is 0 Å². The normalized spacial score (nSPS) is 23.4. The molecule has 0 radical (unpaired) electrons. The predicted molar refractivity (Wildman–Crippen MR) is 69.8 cm³/mol. The molecule has 0 bridgehead atoms. The van der Waals surface area contributed by atoms with Crippen LogP contribution in [0.3, 0.4) is 0 Å². The van der Waals surface area contributed by atoms with Gasteiger partial charge in [-0.3, -0.25) is 4.79 Å². The fourth-order valence-electron chi connectivity index (χ4n) is 2.73. The number of rotatable bonds is 6. The van der Waals surface area contributed by atoms with Gasteiger partial charge in [0.25, 0.3) is 0 Å². The lowest BCUT2D eigenvalue weighted by molar-refractivity contribution is -0.121. The Balaban J connectivity index is 1.55. The molecule has 0 spiro atoms. The van der Waals surface area contributed by atoms with Crippen LogP contribution in [0, 0.1) is 5.92 Å². The Morgan fingerprint density at radius 1 is 1.18 bits per heavy atom. The Kier molecular flexibility index (Phi) is 4.84. The van der Waals surface area contributed by atoms with Gasteiger partial charge < -0.3 is 10.6 Å². The Bertz CT molecular complexity index is 245. The summed E-state index contributed by atoms with van der Waals surface area (Å²) in [6, 6.07) is 0.927. The summed E-state index contributed by atoms with van der Waals surface area (Å²) < 4.78 is 0. The van der Waals surface area contributed by atoms with Crippen LogP contribution in [0.15, 0.2) is 0 Å². The lowest BCUT2D eigenvalue weighted by atomic mass is 9.95. The van der Waals surface area contributed by atoms with E-state index in [2.05, 4.69) is 17.6 Å². The maximum absolute atomic E-state index is 11.7. The summed E-state index contributed by atoms with van der Waals surface area (Å²) in [5.41, 5.74) is 0. The van der Waals surface area contributed by atoms with E-state index in [1.54, 1.807) is 0 Å². The van der Waals surface area contributed by atoms with Gasteiger partial charge in [0, 0.05) is 12.1 Å². The van der Waals surface area contributed by atoms with Gasteiger partial charge in [-0.2, -0.15) is 0 Å². The van der Waals surface area contributed by atoms with E-state index in [9.17, 15) is 4.79 Å². The van der Waals surface area contributed by atoms with Gasteiger partial charge in [0.05, 0.1) is 6.54 Å². The molecule has 98 valence electrons. The zero-order valence-electron chi connectivity index (χ0n) is 11.0. The molecule has 2 fully saturated rings. The van der Waals surface area contributed by atoms with Crippen molar-refractivity contribution in [3.8, 4) is 0 Å². The monoisotopic (exact) mass is 238 g/mol. The minimum Gasteiger partial charge on any atom is -0.352 e. The summed E-state index contributed by atoms with van der Waals surface area (Å²) in [5, 5.41) is 6.47. The number of hydrogen-bond acceptors (Lipinski definition) is 2. The largest absolute Gasteiger partial charge is 0.352 e. The van der Waals surface area contributed by atoms with E-state index in [-0.39, 0.29) is 5.91 Å². The molecule has 0 aromatic carbocycles. The number of nitrogens with one attached hydrogen (secondary N) is 2. The molecule has 1 amide bonds. The minimum atomic E-state index is 0.180. The molecule has 0 heterocycles. The second-order valence-corrected chi connectivity index (χ2v) is 5.86. The molecule has 2 saturated carbocycles. The molecule has 0 aromatic heterocycles. The summed E-state index contributed by atoms with van der Waals surface area (Å²) >= 11 is 0. The van der Waals surface area contributed by atoms with Crippen LogP contribution in [0.2, 0.25) is 0 Å². The van der Waals surface area contributed by atoms with Gasteiger partial charge in [-0.1, -0.05) is 32.1 Å². The zero-order valence-corrected chi connectivity index (χ0v) is 11.0. The van der Waals surface area contributed by atoms with Gasteiger partial charge in [-0.15, -0.1) is 0 Å². The summed E-state index contributed by atoms with van der Waals surface area (Å²) in [6.07, 6.45) is 10.2. The summed E-state index contributed by atoms with van der Waals surface area (Å²) in [7, 11) is 0. The van der Waals surface area contributed by atoms with Crippen molar-refractivity contribution in [3.05, 3.63) is 0 Å². The van der Waals surface area contributed by atoms with E-state index in [4.69, 9.17) is 0 Å². The second kappa shape index (κ2) is 6.39. The van der Waals surface area contributed by atoms with Crippen LogP contribution < -0.4 is 10.6 Å². The molecule has 2 aliphatic carbocycles. The van der Waals surface area contributed by atoms with Gasteiger partial charge in [0.2, 0.25) is 5.91 Å². The van der Waals surface area contributed by atoms with Crippen LogP contribution in [0.25, 0.3) is 0 Å². The van der Waals surface area contributed by atoms with Crippen molar-refractivity contribution in [2.24, 2.45) is 5.92 Å². The third kappa shape index (κ3) is 5.07. The Morgan fingerprint density at radius 3 is 2.53 bits per heavy atom. The van der Waals surface area contributed by atoms with E-state index < -0.39 is 0 Å². The van der Waals surface area contributed by atoms with Crippen molar-refractivity contribution in [3.63, 3.8) is 0 Å². The third-order valence-electron chi connectivity index (χ3n) is 3.97. The topological polar surface area (TPSA) is 41.1 Å². The number of carbonyl (C=O) groups is 1. The summed E-state index contributed by atoms with van der Waals surface area (Å²) in [6.45, 7) is 2.68. The SMILES string of the molecule is CC(CC1CC1)NCC(=O)NC1CCCCC1. The molecule has 2 aliphatic rings. The highest BCUT2D eigenvalue weighted by molar-refractivity contribution is 5.78. The lowest BCUT2D eigenvalue weighted by Crippen LogP contribution is -2.43. The first kappa shape index (κ1) is 12.9. The first-order valence-electron chi connectivity index (χ1n) is 7.27. The fraction of sp³-hybridized carbons (Fsp3) is 0.929. The number of carbonyl (C=O) groups excluding carboxylic acids is 1. The Morgan fingerprint density at radius 2 is 1.88 bits per heavy atom. The third-order valence-corrected chi connectivity index (χ3v) is 3.97. The highest BCUT2D eigenvalue weighted by Crippen LogP contribution is 2.33. The zero-order chi connectivity index (χ0) is 12.1. The maximum Gasteiger partial charge on any atom is 0.234 e. The van der Waals surface area contributed by atoms with Gasteiger partial charge in [0.15, 0.2) is 0 Å². The second-order valence-electron chi connectivity index (χ2n) is 5.86. The molecule has 0 saturated heterocycles. The molecule has 17 heavy (non-hydrogen) atoms. The van der Waals surface area contributed by atoms with Crippen molar-refractivity contribution < 1.29 is 4.79 Å². The van der Waals surface area contributed by atoms with Gasteiger partial charge in [-0.25, -0.2) is 0 Å². The molecule has 2 rings (SSSR count). The van der Waals surface area contributed by atoms with E-state index in [0.29, 0.717) is 18.6 Å². The van der Waals surface area contributed by atoms with Crippen molar-refractivity contribution in [1.82, 2.24) is 10.6 Å². The molecule has 3 heteroatoms. The molecule has 2 N–H and O–H groups in total. The summed E-state index contributed by atoms with van der Waals surface area (Å²) in [5.74, 6) is 1.11. The van der Waals surface area contributed by atoms with Crippen LogP contribution >= 0.6 is 0 Å². The Hall–Kier alpha value is -0.570. The van der Waals surface area contributed by atoms with E-state index in [0.717, 1.165) is 5.92 Å². The average Bonchev–Trinajstić information content (AvgIpc) is 3.12. The highest BCUT2D eigenvalue weighted by Gasteiger charge is 2.23. The van der Waals surface area contributed by atoms with Crippen LogP contribution in [-0.2, 0) is 4.79 Å². The van der Waals surface area contributed by atoms with E-state index in [1.165, 1.54) is 51.4 Å². The van der Waals surface area contributed by atoms with Gasteiger partial charge in [0.1, 0.15) is 0 Å². The minimum absolute atomic E-state index is 0.180. The highest BCUT2D eigenvalue weighted by atomic mass is 16.1. The van der Waals surface area contributed by atoms with Crippen LogP contribution in [0.4, 0.5) is 0 Å². The summed E-state index contributed by atoms with van der Waals surface area (Å²) in [4.78, 5) is 11.7. The van der Waals surface area contributed by atoms with Gasteiger partial charge in [-0.05, 0) is 32.1 Å². The van der Waals surface area contributed by atoms with Crippen LogP contribution in [0.5, 0.6) is 0 Å². The van der Waals surface area contributed by atoms with Gasteiger partial charge >= 0.3 is 0 Å². The molecular weight excluding hydrogens is 212 g/mol. The quantitative estimate of drug-likeness (QED) is 0.745. The average molecular weight is 238 g/mol. The van der Waals surface area contributed by atoms with Crippen molar-refractivity contribution >= 4 is 5.91 Å². The fourth-order valence-corrected chi connectivity index (χ4v) is 2.73. The van der Waals surface area contributed by atoms with E-state index in [1.807, 2.05) is 0 Å². The predicted octanol–water partition coefficient (Wildman–Crippen LogP) is 2.21. The molecule has 0 aliphatic heterocycles. The Labute approximate surface area is 105 Å². The van der Waals surface area contributed by atoms with Crippen molar-refractivity contribution in [2.75, 3.05) is 6.54 Å². The molecule has 3 nitrogen and oxygen atoms in total. The van der Waals surface area contributed by atoms with Crippen molar-refractivity contribution in [2.45, 2.75) is 70.4 Å². The van der Waals surface area contributed by atoms with Crippen molar-refractivity contribution in [1.29, 1.82) is 0 Å². The first-order valence-corrected chi connectivity index (χ1v) is 7.27. The first-order chi connectivity index (χ1) is 8.24. The maximum atomic E-state index is 11.7. The number of hydrogen-bond donors (Lipinski definition) is 2. The molecule has 0 aromatic rings.